The summed E-state index contributed by atoms with van der Waals surface area (Å²) in [7, 11) is 1.66. The Hall–Kier alpha value is -2.65. The molecule has 0 fully saturated rings. The van der Waals surface area contributed by atoms with Crippen molar-refractivity contribution in [2.45, 2.75) is 61.0 Å². The van der Waals surface area contributed by atoms with Crippen LogP contribution < -0.4 is 10.3 Å². The molecule has 8 heteroatoms. The molecule has 2 aliphatic heterocycles. The number of hydrogen-bond donors (Lipinski definition) is 1. The number of methoxy groups -OCH3 is 1. The number of carbonyl (C=O) groups excluding carboxylic acids is 1. The van der Waals surface area contributed by atoms with Crippen LogP contribution in [0, 0.1) is 0 Å². The quantitative estimate of drug-likeness (QED) is 0.315. The molecule has 34 heavy (non-hydrogen) atoms. The molecule has 1 unspecified atom stereocenters. The number of cyclic esters (lactones) is 1. The number of hydrogen-bond acceptors (Lipinski definition) is 6. The van der Waals surface area contributed by atoms with Crippen molar-refractivity contribution in [2.24, 2.45) is 0 Å². The van der Waals surface area contributed by atoms with E-state index in [1.165, 1.54) is 5.56 Å². The van der Waals surface area contributed by atoms with E-state index >= 15 is 0 Å². The van der Waals surface area contributed by atoms with Gasteiger partial charge in [0.25, 0.3) is 0 Å². The number of carbonyl (C=O) groups is 1. The fourth-order valence-electron chi connectivity index (χ4n) is 5.05. The number of aromatic nitrogens is 2. The molecule has 0 radical (unpaired) electrons. The molecule has 0 saturated carbocycles. The summed E-state index contributed by atoms with van der Waals surface area (Å²) in [6.45, 7) is 2.01. The number of aryl methyl sites for hydroxylation is 1. The van der Waals surface area contributed by atoms with Crippen LogP contribution in [0.25, 0.3) is 22.3 Å². The molecule has 3 aromatic rings. The van der Waals surface area contributed by atoms with Crippen LogP contribution in [0.4, 0.5) is 0 Å². The molecule has 5 rings (SSSR count). The monoisotopic (exact) mass is 524 g/mol. The number of aliphatic hydroxyl groups is 1. The summed E-state index contributed by atoms with van der Waals surface area (Å²) < 4.78 is 12.4. The third-order valence-electron chi connectivity index (χ3n) is 7.14. The number of ether oxygens (including phenoxy) is 2. The van der Waals surface area contributed by atoms with Crippen LogP contribution in [-0.4, -0.2) is 41.0 Å². The second kappa shape index (κ2) is 7.95. The van der Waals surface area contributed by atoms with Crippen molar-refractivity contribution in [2.75, 3.05) is 7.11 Å². The van der Waals surface area contributed by atoms with Gasteiger partial charge in [0.2, 0.25) is 0 Å². The summed E-state index contributed by atoms with van der Waals surface area (Å²) in [6.07, 6.45) is 1.05. The van der Waals surface area contributed by atoms with Crippen molar-refractivity contribution in [3.63, 3.8) is 0 Å². The minimum atomic E-state index is -1.85. The first-order valence-electron chi connectivity index (χ1n) is 11.7. The first-order chi connectivity index (χ1) is 16.1. The van der Waals surface area contributed by atoms with Crippen molar-refractivity contribution >= 4 is 30.1 Å². The SMILES string of the molecule is CCC1(O)C(=O)OCc2c1cc1n(c2=O)Cc2c-1nc1ccc(OC)cc1c2C[CH2][Ge]([CH3])([CH3])[CH3]. The van der Waals surface area contributed by atoms with Gasteiger partial charge in [0, 0.05) is 0 Å². The molecule has 0 amide bonds. The fraction of sp³-hybridized carbons (Fsp3) is 0.423. The molecule has 1 N–H and O–H groups in total. The average Bonchev–Trinajstić information content (AvgIpc) is 3.17. The van der Waals surface area contributed by atoms with Crippen LogP contribution in [-0.2, 0) is 34.7 Å². The van der Waals surface area contributed by atoms with Crippen molar-refractivity contribution in [1.82, 2.24) is 9.55 Å². The first kappa shape index (κ1) is 23.1. The van der Waals surface area contributed by atoms with Crippen LogP contribution in [0.5, 0.6) is 5.75 Å². The van der Waals surface area contributed by atoms with E-state index in [1.54, 1.807) is 24.7 Å². The third-order valence-corrected chi connectivity index (χ3v) is 10.8. The fourth-order valence-corrected chi connectivity index (χ4v) is 7.15. The van der Waals surface area contributed by atoms with Crippen LogP contribution in [0.15, 0.2) is 29.1 Å². The number of benzene rings is 1. The third kappa shape index (κ3) is 3.48. The molecule has 1 aromatic carbocycles. The molecule has 2 aromatic heterocycles. The van der Waals surface area contributed by atoms with Crippen molar-refractivity contribution in [3.8, 4) is 17.1 Å². The Kier molecular flexibility index (Phi) is 5.40. The summed E-state index contributed by atoms with van der Waals surface area (Å²) in [6, 6.07) is 7.66. The molecule has 2 aliphatic rings. The maximum absolute atomic E-state index is 13.5. The maximum atomic E-state index is 13.5. The number of esters is 1. The Balaban J connectivity index is 1.77. The molecule has 0 spiro atoms. The molecular weight excluding hydrogens is 493 g/mol. The van der Waals surface area contributed by atoms with Crippen molar-refractivity contribution in [1.29, 1.82) is 0 Å². The molecule has 4 heterocycles. The molecular formula is C26H30GeN2O5. The summed E-state index contributed by atoms with van der Waals surface area (Å²) in [5.74, 6) is 7.28. The summed E-state index contributed by atoms with van der Waals surface area (Å²) in [4.78, 5) is 30.9. The van der Waals surface area contributed by atoms with Gasteiger partial charge in [0.15, 0.2) is 0 Å². The topological polar surface area (TPSA) is 90.7 Å². The molecule has 178 valence electrons. The zero-order chi connectivity index (χ0) is 24.4. The van der Waals surface area contributed by atoms with Crippen LogP contribution >= 0.6 is 0 Å². The minimum absolute atomic E-state index is 0.122. The van der Waals surface area contributed by atoms with Gasteiger partial charge < -0.3 is 0 Å². The van der Waals surface area contributed by atoms with Crippen LogP contribution in [0.1, 0.15) is 35.6 Å². The van der Waals surface area contributed by atoms with Gasteiger partial charge in [-0.2, -0.15) is 0 Å². The Morgan fingerprint density at radius 2 is 1.97 bits per heavy atom. The van der Waals surface area contributed by atoms with Crippen molar-refractivity contribution < 1.29 is 19.4 Å². The van der Waals surface area contributed by atoms with E-state index in [0.29, 0.717) is 23.4 Å². The van der Waals surface area contributed by atoms with Crippen LogP contribution in [0.3, 0.4) is 0 Å². The summed E-state index contributed by atoms with van der Waals surface area (Å²) in [5, 5.41) is 13.3. The number of fused-ring (bicyclic) bond motifs is 5. The molecule has 0 saturated heterocycles. The van der Waals surface area contributed by atoms with Gasteiger partial charge in [-0.3, -0.25) is 0 Å². The van der Waals surface area contributed by atoms with Gasteiger partial charge in [-0.15, -0.1) is 0 Å². The summed E-state index contributed by atoms with van der Waals surface area (Å²) >= 11 is -1.85. The number of rotatable bonds is 5. The molecule has 0 bridgehead atoms. The first-order valence-corrected chi connectivity index (χ1v) is 19.5. The number of nitrogens with zero attached hydrogens (tertiary/aromatic N) is 2. The molecule has 0 aliphatic carbocycles. The van der Waals surface area contributed by atoms with E-state index in [1.807, 2.05) is 18.2 Å². The van der Waals surface area contributed by atoms with Gasteiger partial charge in [-0.1, -0.05) is 0 Å². The van der Waals surface area contributed by atoms with Gasteiger partial charge in [0.05, 0.1) is 0 Å². The normalized spacial score (nSPS) is 18.9. The Morgan fingerprint density at radius 3 is 2.65 bits per heavy atom. The molecule has 7 nitrogen and oxygen atoms in total. The van der Waals surface area contributed by atoms with E-state index in [2.05, 4.69) is 17.3 Å². The number of pyridine rings is 2. The Labute approximate surface area is 201 Å². The van der Waals surface area contributed by atoms with E-state index in [9.17, 15) is 14.7 Å². The van der Waals surface area contributed by atoms with Crippen molar-refractivity contribution in [3.05, 3.63) is 56.9 Å². The standard InChI is InChI=1S/C26H30GeN2O5/c1-6-26(32)20-12-22-23-18(13-29(22)24(30)19(20)14-34-25(26)31)16(9-10-27(2,3)4)17-11-15(33-5)7-8-21(17)28-23/h7-8,11-12,32H,6,9-10,13-14H2,1-5H3. The van der Waals surface area contributed by atoms with Gasteiger partial charge >= 0.3 is 201 Å². The van der Waals surface area contributed by atoms with E-state index < -0.39 is 24.8 Å². The van der Waals surface area contributed by atoms with E-state index in [0.717, 1.165) is 39.6 Å². The average molecular weight is 523 g/mol. The van der Waals surface area contributed by atoms with Gasteiger partial charge in [-0.25, -0.2) is 0 Å². The second-order valence-electron chi connectivity index (χ2n) is 10.5. The zero-order valence-electron chi connectivity index (χ0n) is 20.3. The zero-order valence-corrected chi connectivity index (χ0v) is 22.4. The predicted molar refractivity (Wildman–Crippen MR) is 133 cm³/mol. The Bertz CT molecular complexity index is 1410. The predicted octanol–water partition coefficient (Wildman–Crippen LogP) is 3.97. The van der Waals surface area contributed by atoms with E-state index in [4.69, 9.17) is 14.5 Å². The Morgan fingerprint density at radius 1 is 1.21 bits per heavy atom. The summed E-state index contributed by atoms with van der Waals surface area (Å²) in [5.41, 5.74) is 3.14. The van der Waals surface area contributed by atoms with Gasteiger partial charge in [-0.05, 0) is 0 Å². The van der Waals surface area contributed by atoms with E-state index in [-0.39, 0.29) is 18.6 Å². The van der Waals surface area contributed by atoms with Crippen LogP contribution in [0.2, 0.25) is 22.5 Å². The second-order valence-corrected chi connectivity index (χ2v) is 22.3. The van der Waals surface area contributed by atoms with Gasteiger partial charge in [0.1, 0.15) is 0 Å². The molecule has 1 atom stereocenters.